The van der Waals surface area contributed by atoms with Crippen LogP contribution in [-0.4, -0.2) is 16.8 Å². The summed E-state index contributed by atoms with van der Waals surface area (Å²) >= 11 is 0. The van der Waals surface area contributed by atoms with E-state index in [1.807, 2.05) is 0 Å². The van der Waals surface area contributed by atoms with E-state index in [0.717, 1.165) is 6.42 Å². The van der Waals surface area contributed by atoms with Gasteiger partial charge in [0.05, 0.1) is 0 Å². The average Bonchev–Trinajstić information content (AvgIpc) is 2.37. The van der Waals surface area contributed by atoms with Crippen molar-refractivity contribution >= 4 is 22.1 Å². The molecule has 2 heteroatoms. The zero-order chi connectivity index (χ0) is 6.69. The first kappa shape index (κ1) is 6.75. The molecule has 1 heterocycles. The maximum atomic E-state index is 7.00. The van der Waals surface area contributed by atoms with E-state index in [1.54, 1.807) is 0 Å². The van der Waals surface area contributed by atoms with Crippen LogP contribution in [0.1, 0.15) is 13.3 Å². The van der Waals surface area contributed by atoms with E-state index in [2.05, 4.69) is 23.8 Å². The summed E-state index contributed by atoms with van der Waals surface area (Å²) in [5, 5.41) is 11.9. The summed E-state index contributed by atoms with van der Waals surface area (Å²) in [6, 6.07) is 0. The van der Waals surface area contributed by atoms with Crippen LogP contribution in [0.3, 0.4) is 0 Å². The van der Waals surface area contributed by atoms with Crippen LogP contribution in [0.15, 0.2) is 11.5 Å². The molecule has 0 aromatic carbocycles. The van der Waals surface area contributed by atoms with Gasteiger partial charge in [-0.2, -0.15) is 10.5 Å². The lowest BCUT2D eigenvalue weighted by Gasteiger charge is -2.03. The number of nitrogens with one attached hydrogen (secondary N) is 1. The fourth-order valence-electron chi connectivity index (χ4n) is 0.743. The molecule has 2 unspecified atom stereocenters. The third kappa shape index (κ3) is 1.52. The summed E-state index contributed by atoms with van der Waals surface area (Å²) < 4.78 is 0. The van der Waals surface area contributed by atoms with Crippen molar-refractivity contribution in [1.82, 2.24) is 0 Å². The number of hydrogen-bond donors (Lipinski definition) is 1. The highest BCUT2D eigenvalue weighted by atomic mass is 32.2. The zero-order valence-electron chi connectivity index (χ0n) is 5.50. The Hall–Kier alpha value is -0.370. The monoisotopic (exact) mass is 141 g/mol. The molecule has 1 aliphatic rings. The number of allylic oxidation sites excluding steroid dienone is 1. The Balaban J connectivity index is 2.61. The molecule has 0 aliphatic carbocycles. The van der Waals surface area contributed by atoms with E-state index in [-0.39, 0.29) is 10.5 Å². The third-order valence-electron chi connectivity index (χ3n) is 1.34. The minimum absolute atomic E-state index is 0.279. The predicted molar refractivity (Wildman–Crippen MR) is 45.7 cm³/mol. The van der Waals surface area contributed by atoms with Gasteiger partial charge in [-0.3, -0.25) is 0 Å². The van der Waals surface area contributed by atoms with Crippen molar-refractivity contribution in [3.8, 4) is 0 Å². The maximum absolute atomic E-state index is 7.00. The summed E-state index contributed by atoms with van der Waals surface area (Å²) in [6.45, 7) is 2.09. The van der Waals surface area contributed by atoms with Gasteiger partial charge in [0.2, 0.25) is 0 Å². The van der Waals surface area contributed by atoms with Crippen molar-refractivity contribution in [2.45, 2.75) is 18.6 Å². The third-order valence-corrected chi connectivity index (χ3v) is 3.42. The summed E-state index contributed by atoms with van der Waals surface area (Å²) in [4.78, 5) is 0. The van der Waals surface area contributed by atoms with Gasteiger partial charge in [-0.05, 0) is 18.8 Å². The topological polar surface area (TPSA) is 23.9 Å². The zero-order valence-corrected chi connectivity index (χ0v) is 6.32. The second-order valence-electron chi connectivity index (χ2n) is 2.05. The summed E-state index contributed by atoms with van der Waals surface area (Å²) in [7, 11) is 0.279. The Bertz CT molecular complexity index is 170. The lowest BCUT2D eigenvalue weighted by Crippen LogP contribution is -1.96. The fraction of sp³-hybridized carbons (Fsp3) is 0.429. The number of hydrogen-bond acceptors (Lipinski definition) is 1. The van der Waals surface area contributed by atoms with E-state index in [9.17, 15) is 0 Å². The molecule has 0 aromatic rings. The second-order valence-corrected chi connectivity index (χ2v) is 4.22. The van der Waals surface area contributed by atoms with Gasteiger partial charge in [0.25, 0.3) is 0 Å². The Morgan fingerprint density at radius 2 is 2.56 bits per heavy atom. The molecule has 2 atom stereocenters. The van der Waals surface area contributed by atoms with Crippen LogP contribution >= 0.6 is 10.5 Å². The Morgan fingerprint density at radius 3 is 3.00 bits per heavy atom. The number of rotatable bonds is 2. The van der Waals surface area contributed by atoms with Gasteiger partial charge in [0.15, 0.2) is 0 Å². The van der Waals surface area contributed by atoms with Crippen molar-refractivity contribution in [3.63, 3.8) is 0 Å². The molecule has 1 N–H and O–H groups in total. The first-order valence-electron chi connectivity index (χ1n) is 3.06. The van der Waals surface area contributed by atoms with Crippen molar-refractivity contribution in [1.29, 1.82) is 5.41 Å². The van der Waals surface area contributed by atoms with Gasteiger partial charge in [-0.15, -0.1) is 0 Å². The maximum Gasteiger partial charge on any atom is 0.0351 e. The molecule has 50 valence electrons. The van der Waals surface area contributed by atoms with E-state index >= 15 is 0 Å². The fourth-order valence-corrected chi connectivity index (χ4v) is 2.23. The van der Waals surface area contributed by atoms with Gasteiger partial charge in [0, 0.05) is 11.5 Å². The van der Waals surface area contributed by atoms with Crippen molar-refractivity contribution in [3.05, 3.63) is 11.5 Å². The molecule has 9 heavy (non-hydrogen) atoms. The van der Waals surface area contributed by atoms with E-state index in [4.69, 9.17) is 5.41 Å². The minimum Gasteiger partial charge on any atom is -0.312 e. The van der Waals surface area contributed by atoms with Crippen LogP contribution in [0, 0.1) is 5.41 Å². The van der Waals surface area contributed by atoms with Gasteiger partial charge >= 0.3 is 0 Å². The van der Waals surface area contributed by atoms with Crippen molar-refractivity contribution in [2.24, 2.45) is 0 Å². The van der Waals surface area contributed by atoms with Crippen LogP contribution in [0.2, 0.25) is 0 Å². The Labute approximate surface area is 58.2 Å². The minimum atomic E-state index is 0.279. The lowest BCUT2D eigenvalue weighted by atomic mass is 10.5. The van der Waals surface area contributed by atoms with Crippen LogP contribution < -0.4 is 0 Å². The quantitative estimate of drug-likeness (QED) is 0.449. The molecular formula is C7H11NS. The summed E-state index contributed by atoms with van der Waals surface area (Å²) in [5.41, 5.74) is 0. The van der Waals surface area contributed by atoms with Gasteiger partial charge in [0.1, 0.15) is 0 Å². The molecule has 0 amide bonds. The summed E-state index contributed by atoms with van der Waals surface area (Å²) in [5.74, 6) is 0. The second kappa shape index (κ2) is 2.97. The SMILES string of the molecule is CC(C=N)S1=CCC=C1. The lowest BCUT2D eigenvalue weighted by molar-refractivity contribution is 1.32. The highest BCUT2D eigenvalue weighted by molar-refractivity contribution is 8.18. The molecule has 1 nitrogen and oxygen atoms in total. The highest BCUT2D eigenvalue weighted by Crippen LogP contribution is 2.24. The van der Waals surface area contributed by atoms with E-state index in [1.165, 1.54) is 6.21 Å². The molecule has 0 spiro atoms. The van der Waals surface area contributed by atoms with Gasteiger partial charge in [-0.25, -0.2) is 0 Å². The molecule has 0 fully saturated rings. The van der Waals surface area contributed by atoms with Crippen molar-refractivity contribution < 1.29 is 0 Å². The Morgan fingerprint density at radius 1 is 1.78 bits per heavy atom. The predicted octanol–water partition coefficient (Wildman–Crippen LogP) is 2.01. The standard InChI is InChI=1S/C7H11NS/c1-7(6-8)9-4-2-3-5-9/h2,4-8H,3H2,1H3. The van der Waals surface area contributed by atoms with Gasteiger partial charge in [-0.1, -0.05) is 11.4 Å². The first-order chi connectivity index (χ1) is 4.34. The van der Waals surface area contributed by atoms with Crippen LogP contribution in [0.5, 0.6) is 0 Å². The van der Waals surface area contributed by atoms with Crippen LogP contribution in [-0.2, 0) is 0 Å². The first-order valence-corrected chi connectivity index (χ1v) is 4.47. The molecule has 0 aromatic heterocycles. The average molecular weight is 141 g/mol. The molecule has 0 bridgehead atoms. The molecular weight excluding hydrogens is 130 g/mol. The van der Waals surface area contributed by atoms with Crippen molar-refractivity contribution in [2.75, 3.05) is 0 Å². The normalized spacial score (nSPS) is 27.4. The molecule has 0 saturated carbocycles. The van der Waals surface area contributed by atoms with E-state index in [0.29, 0.717) is 5.25 Å². The molecule has 0 saturated heterocycles. The van der Waals surface area contributed by atoms with E-state index < -0.39 is 0 Å². The van der Waals surface area contributed by atoms with Gasteiger partial charge < -0.3 is 5.41 Å². The summed E-state index contributed by atoms with van der Waals surface area (Å²) in [6.07, 6.45) is 4.79. The smallest absolute Gasteiger partial charge is 0.0351 e. The largest absolute Gasteiger partial charge is 0.312 e. The highest BCUT2D eigenvalue weighted by Gasteiger charge is 2.01. The van der Waals surface area contributed by atoms with Crippen LogP contribution in [0.25, 0.3) is 0 Å². The molecule has 1 rings (SSSR count). The van der Waals surface area contributed by atoms with Crippen LogP contribution in [0.4, 0.5) is 0 Å². The molecule has 0 radical (unpaired) electrons. The molecule has 1 aliphatic heterocycles. The Kier molecular flexibility index (Phi) is 2.22.